The summed E-state index contributed by atoms with van der Waals surface area (Å²) < 4.78 is 2.69. The third-order valence-corrected chi connectivity index (χ3v) is 3.91. The van der Waals surface area contributed by atoms with Crippen LogP contribution in [0.1, 0.15) is 32.6 Å². The average Bonchev–Trinajstić information content (AvgIpc) is 2.86. The molecule has 0 amide bonds. The van der Waals surface area contributed by atoms with E-state index in [1.807, 2.05) is 22.9 Å². The van der Waals surface area contributed by atoms with Crippen molar-refractivity contribution in [2.45, 2.75) is 39.2 Å². The van der Waals surface area contributed by atoms with Crippen LogP contribution in [0.2, 0.25) is 0 Å². The third-order valence-electron chi connectivity index (χ3n) is 3.02. The van der Waals surface area contributed by atoms with E-state index in [0.717, 1.165) is 28.8 Å². The van der Waals surface area contributed by atoms with Crippen LogP contribution in [0.5, 0.6) is 0 Å². The first kappa shape index (κ1) is 14.0. The van der Waals surface area contributed by atoms with Gasteiger partial charge in [-0.3, -0.25) is 0 Å². The van der Waals surface area contributed by atoms with E-state index in [1.165, 1.54) is 19.3 Å². The lowest BCUT2D eigenvalue weighted by molar-refractivity contribution is 0.531. The van der Waals surface area contributed by atoms with E-state index in [2.05, 4.69) is 38.4 Å². The number of anilines is 1. The van der Waals surface area contributed by atoms with Gasteiger partial charge in [-0.25, -0.2) is 4.68 Å². The molecule has 102 valence electrons. The number of rotatable bonds is 6. The van der Waals surface area contributed by atoms with Gasteiger partial charge < -0.3 is 5.73 Å². The van der Waals surface area contributed by atoms with Gasteiger partial charge in [0, 0.05) is 17.8 Å². The Balaban J connectivity index is 2.17. The van der Waals surface area contributed by atoms with Gasteiger partial charge in [0.2, 0.25) is 0 Å². The van der Waals surface area contributed by atoms with E-state index in [0.29, 0.717) is 5.69 Å². The van der Waals surface area contributed by atoms with Gasteiger partial charge >= 0.3 is 0 Å². The van der Waals surface area contributed by atoms with Crippen molar-refractivity contribution in [2.75, 3.05) is 5.73 Å². The molecule has 0 atom stereocenters. The lowest BCUT2D eigenvalue weighted by Crippen LogP contribution is -2.04. The zero-order chi connectivity index (χ0) is 13.7. The lowest BCUT2D eigenvalue weighted by atomic mass is 10.2. The van der Waals surface area contributed by atoms with Gasteiger partial charge in [-0.2, -0.15) is 0 Å². The maximum atomic E-state index is 5.89. The Morgan fingerprint density at radius 1 is 1.26 bits per heavy atom. The lowest BCUT2D eigenvalue weighted by Gasteiger charge is -2.07. The Labute approximate surface area is 121 Å². The van der Waals surface area contributed by atoms with Crippen LogP contribution in [0.4, 0.5) is 5.69 Å². The number of benzene rings is 1. The Morgan fingerprint density at radius 3 is 2.89 bits per heavy atom. The van der Waals surface area contributed by atoms with E-state index < -0.39 is 0 Å². The molecule has 0 radical (unpaired) electrons. The second-order valence-corrected chi connectivity index (χ2v) is 5.29. The molecular formula is C13H18BrN5. The van der Waals surface area contributed by atoms with Gasteiger partial charge in [-0.1, -0.05) is 32.3 Å². The first-order valence-corrected chi connectivity index (χ1v) is 7.34. The zero-order valence-corrected chi connectivity index (χ0v) is 12.6. The summed E-state index contributed by atoms with van der Waals surface area (Å²) in [6, 6.07) is 5.73. The van der Waals surface area contributed by atoms with Crippen LogP contribution in [0.15, 0.2) is 22.7 Å². The fraction of sp³-hybridized carbons (Fsp3) is 0.462. The summed E-state index contributed by atoms with van der Waals surface area (Å²) in [5.41, 5.74) is 7.52. The third kappa shape index (κ3) is 3.32. The Hall–Kier alpha value is -1.43. The molecule has 0 fully saturated rings. The molecule has 2 rings (SSSR count). The molecule has 1 aromatic heterocycles. The van der Waals surface area contributed by atoms with Crippen molar-refractivity contribution >= 4 is 21.6 Å². The van der Waals surface area contributed by atoms with Crippen molar-refractivity contribution < 1.29 is 0 Å². The molecule has 19 heavy (non-hydrogen) atoms. The molecule has 0 aliphatic carbocycles. The van der Waals surface area contributed by atoms with Crippen molar-refractivity contribution in [3.8, 4) is 11.4 Å². The molecule has 2 aromatic rings. The summed E-state index contributed by atoms with van der Waals surface area (Å²) in [6.45, 7) is 3.04. The van der Waals surface area contributed by atoms with E-state index in [9.17, 15) is 0 Å². The summed E-state index contributed by atoms with van der Waals surface area (Å²) in [5.74, 6) is 0.760. The van der Waals surface area contributed by atoms with Gasteiger partial charge in [0.15, 0.2) is 5.82 Å². The van der Waals surface area contributed by atoms with Gasteiger partial charge in [0.25, 0.3) is 0 Å². The molecule has 0 saturated carbocycles. The fourth-order valence-corrected chi connectivity index (χ4v) is 2.40. The number of tetrazole rings is 1. The minimum absolute atomic E-state index is 0.693. The summed E-state index contributed by atoms with van der Waals surface area (Å²) in [5, 5.41) is 11.9. The largest absolute Gasteiger partial charge is 0.398 e. The SMILES string of the molecule is CCCCCCn1nnnc1-c1cccc(N)c1Br. The minimum Gasteiger partial charge on any atom is -0.398 e. The highest BCUT2D eigenvalue weighted by atomic mass is 79.9. The van der Waals surface area contributed by atoms with Crippen LogP contribution in [-0.4, -0.2) is 20.2 Å². The molecule has 1 aromatic carbocycles. The number of unbranched alkanes of at least 4 members (excludes halogenated alkanes) is 3. The van der Waals surface area contributed by atoms with Crippen LogP contribution in [0.3, 0.4) is 0 Å². The van der Waals surface area contributed by atoms with Gasteiger partial charge in [-0.05, 0) is 44.9 Å². The zero-order valence-electron chi connectivity index (χ0n) is 11.0. The fourth-order valence-electron chi connectivity index (χ4n) is 1.96. The molecule has 1 heterocycles. The molecule has 0 saturated heterocycles. The maximum Gasteiger partial charge on any atom is 0.183 e. The van der Waals surface area contributed by atoms with Crippen molar-refractivity contribution in [3.05, 3.63) is 22.7 Å². The summed E-state index contributed by atoms with van der Waals surface area (Å²) in [4.78, 5) is 0. The normalized spacial score (nSPS) is 10.8. The molecule has 5 nitrogen and oxygen atoms in total. The molecule has 0 spiro atoms. The predicted octanol–water partition coefficient (Wildman–Crippen LogP) is 3.27. The van der Waals surface area contributed by atoms with Gasteiger partial charge in [0.1, 0.15) is 0 Å². The predicted molar refractivity (Wildman–Crippen MR) is 79.5 cm³/mol. The van der Waals surface area contributed by atoms with E-state index >= 15 is 0 Å². The maximum absolute atomic E-state index is 5.89. The highest BCUT2D eigenvalue weighted by Gasteiger charge is 2.13. The molecule has 0 aliphatic heterocycles. The topological polar surface area (TPSA) is 69.6 Å². The Morgan fingerprint density at radius 2 is 2.11 bits per heavy atom. The number of nitrogens with two attached hydrogens (primary N) is 1. The van der Waals surface area contributed by atoms with Crippen LogP contribution in [0, 0.1) is 0 Å². The molecular weight excluding hydrogens is 306 g/mol. The first-order valence-electron chi connectivity index (χ1n) is 6.54. The number of hydrogen-bond donors (Lipinski definition) is 1. The Kier molecular flexibility index (Phi) is 4.90. The average molecular weight is 324 g/mol. The van der Waals surface area contributed by atoms with Crippen LogP contribution < -0.4 is 5.73 Å². The van der Waals surface area contributed by atoms with Crippen molar-refractivity contribution in [1.29, 1.82) is 0 Å². The number of hydrogen-bond acceptors (Lipinski definition) is 4. The van der Waals surface area contributed by atoms with E-state index in [1.54, 1.807) is 0 Å². The molecule has 2 N–H and O–H groups in total. The second kappa shape index (κ2) is 6.65. The molecule has 0 bridgehead atoms. The molecule has 0 unspecified atom stereocenters. The summed E-state index contributed by atoms with van der Waals surface area (Å²) in [7, 11) is 0. The van der Waals surface area contributed by atoms with E-state index in [-0.39, 0.29) is 0 Å². The monoisotopic (exact) mass is 323 g/mol. The van der Waals surface area contributed by atoms with Crippen LogP contribution >= 0.6 is 15.9 Å². The number of aromatic nitrogens is 4. The van der Waals surface area contributed by atoms with Gasteiger partial charge in [-0.15, -0.1) is 5.10 Å². The standard InChI is InChI=1S/C13H18BrN5/c1-2-3-4-5-9-19-13(16-17-18-19)10-7-6-8-11(15)12(10)14/h6-8H,2-5,9,15H2,1H3. The quantitative estimate of drug-likeness (QED) is 0.654. The minimum atomic E-state index is 0.693. The number of nitrogen functional groups attached to an aromatic ring is 1. The van der Waals surface area contributed by atoms with Crippen LogP contribution in [0.25, 0.3) is 11.4 Å². The second-order valence-electron chi connectivity index (χ2n) is 4.50. The van der Waals surface area contributed by atoms with Crippen molar-refractivity contribution in [3.63, 3.8) is 0 Å². The van der Waals surface area contributed by atoms with Crippen LogP contribution in [-0.2, 0) is 6.54 Å². The highest BCUT2D eigenvalue weighted by Crippen LogP contribution is 2.30. The molecule has 0 aliphatic rings. The van der Waals surface area contributed by atoms with Crippen molar-refractivity contribution in [1.82, 2.24) is 20.2 Å². The summed E-state index contributed by atoms with van der Waals surface area (Å²) in [6.07, 6.45) is 4.77. The number of aryl methyl sites for hydroxylation is 1. The van der Waals surface area contributed by atoms with Crippen molar-refractivity contribution in [2.24, 2.45) is 0 Å². The number of halogens is 1. The highest BCUT2D eigenvalue weighted by molar-refractivity contribution is 9.10. The van der Waals surface area contributed by atoms with Gasteiger partial charge in [0.05, 0.1) is 4.47 Å². The summed E-state index contributed by atoms with van der Waals surface area (Å²) >= 11 is 3.49. The van der Waals surface area contributed by atoms with E-state index in [4.69, 9.17) is 5.73 Å². The number of nitrogens with zero attached hydrogens (tertiary/aromatic N) is 4. The molecule has 6 heteroatoms. The smallest absolute Gasteiger partial charge is 0.183 e. The first-order chi connectivity index (χ1) is 9.24. The Bertz CT molecular complexity index is 538.